The molecule has 2 aromatic carbocycles. The predicted molar refractivity (Wildman–Crippen MR) is 99.3 cm³/mol. The molecule has 1 saturated heterocycles. The van der Waals surface area contributed by atoms with Crippen LogP contribution in [-0.2, 0) is 15.8 Å². The van der Waals surface area contributed by atoms with Crippen LogP contribution in [-0.4, -0.2) is 32.3 Å². The summed E-state index contributed by atoms with van der Waals surface area (Å²) in [6.45, 7) is 1.43. The minimum atomic E-state index is -3.64. The number of benzene rings is 2. The van der Waals surface area contributed by atoms with E-state index in [1.54, 1.807) is 53.4 Å². The van der Waals surface area contributed by atoms with E-state index in [0.717, 1.165) is 12.8 Å². The van der Waals surface area contributed by atoms with Crippen LogP contribution >= 0.6 is 11.6 Å². The van der Waals surface area contributed by atoms with Gasteiger partial charge in [-0.25, -0.2) is 8.42 Å². The fraction of sp³-hybridized carbons (Fsp3) is 0.278. The highest BCUT2D eigenvalue weighted by Crippen LogP contribution is 2.22. The topological polar surface area (TPSA) is 66.5 Å². The number of hydrogen-bond donors (Lipinski definition) is 1. The largest absolute Gasteiger partial charge is 0.339 e. The van der Waals surface area contributed by atoms with Crippen molar-refractivity contribution in [3.05, 3.63) is 64.7 Å². The van der Waals surface area contributed by atoms with Gasteiger partial charge in [0, 0.05) is 18.1 Å². The van der Waals surface area contributed by atoms with Crippen LogP contribution in [0.25, 0.3) is 0 Å². The van der Waals surface area contributed by atoms with E-state index < -0.39 is 10.0 Å². The number of anilines is 1. The van der Waals surface area contributed by atoms with Crippen LogP contribution in [0.1, 0.15) is 28.8 Å². The maximum absolute atomic E-state index is 12.6. The van der Waals surface area contributed by atoms with Crippen molar-refractivity contribution in [1.82, 2.24) is 4.90 Å². The Bertz CT molecular complexity index is 860. The van der Waals surface area contributed by atoms with Crippen molar-refractivity contribution in [2.45, 2.75) is 18.6 Å². The predicted octanol–water partition coefficient (Wildman–Crippen LogP) is 3.52. The molecule has 0 atom stereocenters. The molecule has 0 saturated carbocycles. The van der Waals surface area contributed by atoms with Gasteiger partial charge in [0.1, 0.15) is 0 Å². The second kappa shape index (κ2) is 7.45. The standard InChI is InChI=1S/C18H19ClN2O3S/c19-15-9-7-14(8-10-15)13-25(23,24)20-17-6-2-1-5-16(17)18(22)21-11-3-4-12-21/h1-2,5-10,20H,3-4,11-13H2. The summed E-state index contributed by atoms with van der Waals surface area (Å²) in [5, 5.41) is 0.552. The van der Waals surface area contributed by atoms with Gasteiger partial charge in [0.05, 0.1) is 17.0 Å². The van der Waals surface area contributed by atoms with Crippen LogP contribution in [0.2, 0.25) is 5.02 Å². The molecule has 1 amide bonds. The molecule has 1 heterocycles. The molecule has 132 valence electrons. The summed E-state index contributed by atoms with van der Waals surface area (Å²) >= 11 is 5.82. The zero-order valence-corrected chi connectivity index (χ0v) is 15.2. The van der Waals surface area contributed by atoms with Crippen molar-refractivity contribution in [3.8, 4) is 0 Å². The van der Waals surface area contributed by atoms with Crippen molar-refractivity contribution in [1.29, 1.82) is 0 Å². The van der Waals surface area contributed by atoms with Gasteiger partial charge in [-0.05, 0) is 42.7 Å². The Kier molecular flexibility index (Phi) is 5.30. The molecule has 1 N–H and O–H groups in total. The first kappa shape index (κ1) is 17.8. The van der Waals surface area contributed by atoms with E-state index in [2.05, 4.69) is 4.72 Å². The number of nitrogens with one attached hydrogen (secondary N) is 1. The van der Waals surface area contributed by atoms with Gasteiger partial charge in [0.2, 0.25) is 10.0 Å². The van der Waals surface area contributed by atoms with E-state index in [1.165, 1.54) is 0 Å². The first-order valence-electron chi connectivity index (χ1n) is 8.08. The average Bonchev–Trinajstić information content (AvgIpc) is 3.11. The Balaban J connectivity index is 1.79. The normalized spacial score (nSPS) is 14.5. The van der Waals surface area contributed by atoms with Crippen LogP contribution < -0.4 is 4.72 Å². The van der Waals surface area contributed by atoms with Crippen LogP contribution in [0.15, 0.2) is 48.5 Å². The first-order chi connectivity index (χ1) is 11.9. The third kappa shape index (κ3) is 4.52. The molecule has 3 rings (SSSR count). The summed E-state index contributed by atoms with van der Waals surface area (Å²) in [7, 11) is -3.64. The van der Waals surface area contributed by atoms with Crippen LogP contribution in [0.4, 0.5) is 5.69 Å². The van der Waals surface area contributed by atoms with Crippen LogP contribution in [0.5, 0.6) is 0 Å². The number of amides is 1. The lowest BCUT2D eigenvalue weighted by atomic mass is 10.1. The molecule has 0 bridgehead atoms. The van der Waals surface area contributed by atoms with E-state index in [-0.39, 0.29) is 11.7 Å². The third-order valence-corrected chi connectivity index (χ3v) is 5.58. The number of sulfonamides is 1. The van der Waals surface area contributed by atoms with Gasteiger partial charge in [0.25, 0.3) is 5.91 Å². The number of halogens is 1. The lowest BCUT2D eigenvalue weighted by Crippen LogP contribution is -2.29. The van der Waals surface area contributed by atoms with Gasteiger partial charge in [-0.15, -0.1) is 0 Å². The number of likely N-dealkylation sites (tertiary alicyclic amines) is 1. The fourth-order valence-electron chi connectivity index (χ4n) is 2.85. The SMILES string of the molecule is O=C(c1ccccc1NS(=O)(=O)Cc1ccc(Cl)cc1)N1CCCC1. The number of carbonyl (C=O) groups excluding carboxylic acids is 1. The molecule has 0 aromatic heterocycles. The number of rotatable bonds is 5. The van der Waals surface area contributed by atoms with Crippen LogP contribution in [0, 0.1) is 0 Å². The average molecular weight is 379 g/mol. The molecule has 0 unspecified atom stereocenters. The van der Waals surface area contributed by atoms with E-state index in [9.17, 15) is 13.2 Å². The van der Waals surface area contributed by atoms with Crippen molar-refractivity contribution in [2.24, 2.45) is 0 Å². The van der Waals surface area contributed by atoms with Crippen molar-refractivity contribution in [3.63, 3.8) is 0 Å². The Morgan fingerprint density at radius 3 is 2.36 bits per heavy atom. The highest BCUT2D eigenvalue weighted by molar-refractivity contribution is 7.91. The second-order valence-corrected chi connectivity index (χ2v) is 8.19. The number of carbonyl (C=O) groups is 1. The summed E-state index contributed by atoms with van der Waals surface area (Å²) in [5.41, 5.74) is 1.32. The minimum absolute atomic E-state index is 0.137. The lowest BCUT2D eigenvalue weighted by Gasteiger charge is -2.18. The van der Waals surface area contributed by atoms with Gasteiger partial charge in [-0.3, -0.25) is 9.52 Å². The Labute approximate surface area is 152 Å². The number of nitrogens with zero attached hydrogens (tertiary/aromatic N) is 1. The van der Waals surface area contributed by atoms with Crippen LogP contribution in [0.3, 0.4) is 0 Å². The van der Waals surface area contributed by atoms with Gasteiger partial charge in [-0.2, -0.15) is 0 Å². The summed E-state index contributed by atoms with van der Waals surface area (Å²) in [6.07, 6.45) is 1.96. The van der Waals surface area contributed by atoms with E-state index in [0.29, 0.717) is 34.9 Å². The first-order valence-corrected chi connectivity index (χ1v) is 10.1. The molecular weight excluding hydrogens is 360 g/mol. The maximum Gasteiger partial charge on any atom is 0.255 e. The molecular formula is C18H19ClN2O3S. The summed E-state index contributed by atoms with van der Waals surface area (Å²) in [4.78, 5) is 14.4. The second-order valence-electron chi connectivity index (χ2n) is 6.03. The molecule has 1 aliphatic heterocycles. The molecule has 2 aromatic rings. The molecule has 5 nitrogen and oxygen atoms in total. The molecule has 0 radical (unpaired) electrons. The Morgan fingerprint density at radius 1 is 1.04 bits per heavy atom. The van der Waals surface area contributed by atoms with Gasteiger partial charge in [0.15, 0.2) is 0 Å². The Morgan fingerprint density at radius 2 is 1.68 bits per heavy atom. The lowest BCUT2D eigenvalue weighted by molar-refractivity contribution is 0.0794. The fourth-order valence-corrected chi connectivity index (χ4v) is 4.20. The van der Waals surface area contributed by atoms with E-state index in [4.69, 9.17) is 11.6 Å². The molecule has 1 aliphatic rings. The molecule has 7 heteroatoms. The molecule has 25 heavy (non-hydrogen) atoms. The summed E-state index contributed by atoms with van der Waals surface area (Å²) in [5.74, 6) is -0.321. The molecule has 0 aliphatic carbocycles. The molecule has 1 fully saturated rings. The summed E-state index contributed by atoms with van der Waals surface area (Å²) in [6, 6.07) is 13.4. The zero-order valence-electron chi connectivity index (χ0n) is 13.6. The highest BCUT2D eigenvalue weighted by atomic mass is 35.5. The zero-order chi connectivity index (χ0) is 17.9. The van der Waals surface area contributed by atoms with Crippen molar-refractivity contribution >= 4 is 33.2 Å². The monoisotopic (exact) mass is 378 g/mol. The quantitative estimate of drug-likeness (QED) is 0.865. The molecule has 0 spiro atoms. The smallest absolute Gasteiger partial charge is 0.255 e. The highest BCUT2D eigenvalue weighted by Gasteiger charge is 2.23. The Hall–Kier alpha value is -2.05. The van der Waals surface area contributed by atoms with E-state index in [1.807, 2.05) is 0 Å². The van der Waals surface area contributed by atoms with Gasteiger partial charge < -0.3 is 4.90 Å². The van der Waals surface area contributed by atoms with E-state index >= 15 is 0 Å². The third-order valence-electron chi connectivity index (χ3n) is 4.09. The summed E-state index contributed by atoms with van der Waals surface area (Å²) < 4.78 is 27.5. The van der Waals surface area contributed by atoms with Gasteiger partial charge >= 0.3 is 0 Å². The maximum atomic E-state index is 12.6. The minimum Gasteiger partial charge on any atom is -0.339 e. The van der Waals surface area contributed by atoms with Crippen molar-refractivity contribution in [2.75, 3.05) is 17.8 Å². The van der Waals surface area contributed by atoms with Gasteiger partial charge in [-0.1, -0.05) is 35.9 Å². The number of para-hydroxylation sites is 1. The van der Waals surface area contributed by atoms with Crippen molar-refractivity contribution < 1.29 is 13.2 Å². The number of hydrogen-bond acceptors (Lipinski definition) is 3.